The van der Waals surface area contributed by atoms with E-state index in [1.807, 2.05) is 27.7 Å². The molecule has 0 spiro atoms. The molecule has 2 unspecified atom stereocenters. The minimum absolute atomic E-state index is 0.0434. The van der Waals surface area contributed by atoms with Gasteiger partial charge in [0.2, 0.25) is 0 Å². The molecule has 156 valence electrons. The lowest BCUT2D eigenvalue weighted by atomic mass is 9.80. The molecule has 5 heteroatoms. The van der Waals surface area contributed by atoms with E-state index in [-0.39, 0.29) is 34.5 Å². The molecule has 2 atom stereocenters. The lowest BCUT2D eigenvalue weighted by Crippen LogP contribution is -2.39. The topological polar surface area (TPSA) is 72.8 Å². The Morgan fingerprint density at radius 1 is 1.17 bits per heavy atom. The Kier molecular flexibility index (Phi) is 4.91. The van der Waals surface area contributed by atoms with Crippen LogP contribution in [0.2, 0.25) is 0 Å². The van der Waals surface area contributed by atoms with Crippen LogP contribution in [-0.4, -0.2) is 28.4 Å². The van der Waals surface area contributed by atoms with Gasteiger partial charge in [-0.2, -0.15) is 0 Å². The Bertz CT molecular complexity index is 1080. The van der Waals surface area contributed by atoms with Crippen molar-refractivity contribution in [3.05, 3.63) is 75.9 Å². The average molecular weight is 406 g/mol. The molecule has 2 aliphatic rings. The van der Waals surface area contributed by atoms with Crippen LogP contribution in [0.4, 0.5) is 0 Å². The summed E-state index contributed by atoms with van der Waals surface area (Å²) in [5.41, 5.74) is 2.32. The molecule has 1 heterocycles. The van der Waals surface area contributed by atoms with Crippen molar-refractivity contribution in [1.29, 1.82) is 0 Å². The van der Waals surface area contributed by atoms with Crippen LogP contribution < -0.4 is 0 Å². The summed E-state index contributed by atoms with van der Waals surface area (Å²) in [7, 11) is 0. The van der Waals surface area contributed by atoms with Crippen LogP contribution in [0.3, 0.4) is 0 Å². The van der Waals surface area contributed by atoms with Crippen LogP contribution in [0, 0.1) is 0 Å². The van der Waals surface area contributed by atoms with E-state index < -0.39 is 11.9 Å². The summed E-state index contributed by atoms with van der Waals surface area (Å²) in [6.45, 7) is 11.8. The van der Waals surface area contributed by atoms with E-state index >= 15 is 0 Å². The fourth-order valence-electron chi connectivity index (χ4n) is 4.45. The molecule has 1 fully saturated rings. The summed E-state index contributed by atoms with van der Waals surface area (Å²) >= 11 is 0. The zero-order valence-corrected chi connectivity index (χ0v) is 17.7. The van der Waals surface area contributed by atoms with Gasteiger partial charge in [-0.05, 0) is 40.2 Å². The summed E-state index contributed by atoms with van der Waals surface area (Å²) in [5, 5.41) is 11.2. The maximum Gasteiger partial charge on any atom is 0.198 e. The fraction of sp³-hybridized carbons (Fsp3) is 0.360. The predicted octanol–water partition coefficient (Wildman–Crippen LogP) is 4.89. The van der Waals surface area contributed by atoms with Gasteiger partial charge in [-0.25, -0.2) is 0 Å². The highest BCUT2D eigenvalue weighted by Crippen LogP contribution is 2.43. The third-order valence-electron chi connectivity index (χ3n) is 5.62. The number of phenolic OH excluding ortho intramolecular Hbond substituents is 1. The maximum absolute atomic E-state index is 13.2. The Morgan fingerprint density at radius 2 is 1.80 bits per heavy atom. The van der Waals surface area contributed by atoms with Gasteiger partial charge < -0.3 is 14.6 Å². The molecule has 4 rings (SSSR count). The van der Waals surface area contributed by atoms with Crippen LogP contribution in [0.1, 0.15) is 83.4 Å². The highest BCUT2D eigenvalue weighted by Gasteiger charge is 2.39. The molecule has 0 amide bonds. The SMILES string of the molecule is C=C(C)Cc1c(C2OC(C)CC(C)(C)O2)cc2c(c1O)C(=O)c1ccccc1C2=O. The summed E-state index contributed by atoms with van der Waals surface area (Å²) in [5.74, 6) is -0.838. The minimum atomic E-state index is -0.755. The number of allylic oxidation sites excluding steroid dienone is 1. The summed E-state index contributed by atoms with van der Waals surface area (Å²) in [6.07, 6.45) is 0.249. The summed E-state index contributed by atoms with van der Waals surface area (Å²) in [4.78, 5) is 26.4. The second kappa shape index (κ2) is 7.18. The number of rotatable bonds is 3. The first kappa shape index (κ1) is 20.5. The van der Waals surface area contributed by atoms with Crippen LogP contribution in [0.5, 0.6) is 5.75 Å². The Balaban J connectivity index is 1.94. The van der Waals surface area contributed by atoms with Crippen LogP contribution in [-0.2, 0) is 15.9 Å². The first-order valence-electron chi connectivity index (χ1n) is 10.1. The van der Waals surface area contributed by atoms with Gasteiger partial charge in [0.1, 0.15) is 5.75 Å². The van der Waals surface area contributed by atoms with Gasteiger partial charge in [0.05, 0.1) is 17.3 Å². The van der Waals surface area contributed by atoms with Gasteiger partial charge in [0, 0.05) is 34.2 Å². The molecule has 1 aliphatic carbocycles. The first-order chi connectivity index (χ1) is 14.1. The number of fused-ring (bicyclic) bond motifs is 2. The Morgan fingerprint density at radius 3 is 2.40 bits per heavy atom. The molecular weight excluding hydrogens is 380 g/mol. The van der Waals surface area contributed by atoms with Crippen LogP contribution in [0.25, 0.3) is 0 Å². The van der Waals surface area contributed by atoms with Crippen molar-refractivity contribution in [2.24, 2.45) is 0 Å². The Labute approximate surface area is 176 Å². The van der Waals surface area contributed by atoms with Gasteiger partial charge in [0.25, 0.3) is 0 Å². The highest BCUT2D eigenvalue weighted by molar-refractivity contribution is 6.29. The number of hydrogen-bond acceptors (Lipinski definition) is 5. The number of carbonyl (C=O) groups is 2. The molecule has 0 bridgehead atoms. The normalized spacial score (nSPS) is 22.4. The molecular formula is C25H26O5. The second-order valence-electron chi connectivity index (χ2n) is 8.91. The van der Waals surface area contributed by atoms with E-state index in [4.69, 9.17) is 9.47 Å². The van der Waals surface area contributed by atoms with E-state index in [1.165, 1.54) is 0 Å². The smallest absolute Gasteiger partial charge is 0.198 e. The molecule has 0 saturated carbocycles. The maximum atomic E-state index is 13.2. The molecule has 1 saturated heterocycles. The summed E-state index contributed by atoms with van der Waals surface area (Å²) in [6, 6.07) is 8.34. The van der Waals surface area contributed by atoms with Crippen molar-refractivity contribution >= 4 is 11.6 Å². The Hall–Kier alpha value is -2.76. The van der Waals surface area contributed by atoms with E-state index in [0.29, 0.717) is 28.7 Å². The van der Waals surface area contributed by atoms with Crippen LogP contribution >= 0.6 is 0 Å². The molecule has 2 aromatic carbocycles. The van der Waals surface area contributed by atoms with Crippen molar-refractivity contribution in [1.82, 2.24) is 0 Å². The molecule has 30 heavy (non-hydrogen) atoms. The standard InChI is InChI=1S/C25H26O5/c1-13(2)10-17-18(24-29-14(3)12-25(4,5)30-24)11-19-20(23(17)28)22(27)16-9-7-6-8-15(16)21(19)26/h6-9,11,14,24,28H,1,10,12H2,2-5H3. The van der Waals surface area contributed by atoms with Crippen LogP contribution in [0.15, 0.2) is 42.5 Å². The zero-order chi connectivity index (χ0) is 21.8. The monoisotopic (exact) mass is 406 g/mol. The van der Waals surface area contributed by atoms with E-state index in [1.54, 1.807) is 30.3 Å². The number of benzene rings is 2. The number of ketones is 2. The summed E-state index contributed by atoms with van der Waals surface area (Å²) < 4.78 is 12.2. The van der Waals surface area contributed by atoms with Crippen molar-refractivity contribution in [2.75, 3.05) is 0 Å². The average Bonchev–Trinajstić information content (AvgIpc) is 2.65. The number of phenols is 1. The van der Waals surface area contributed by atoms with Crippen molar-refractivity contribution < 1.29 is 24.2 Å². The quantitative estimate of drug-likeness (QED) is 0.627. The highest BCUT2D eigenvalue weighted by atomic mass is 16.7. The number of carbonyl (C=O) groups excluding carboxylic acids is 2. The number of hydrogen-bond donors (Lipinski definition) is 1. The third kappa shape index (κ3) is 3.38. The fourth-order valence-corrected chi connectivity index (χ4v) is 4.45. The van der Waals surface area contributed by atoms with Gasteiger partial charge >= 0.3 is 0 Å². The minimum Gasteiger partial charge on any atom is -0.507 e. The molecule has 1 N–H and O–H groups in total. The van der Waals surface area contributed by atoms with E-state index in [9.17, 15) is 14.7 Å². The van der Waals surface area contributed by atoms with Crippen molar-refractivity contribution in [2.45, 2.75) is 58.5 Å². The third-order valence-corrected chi connectivity index (χ3v) is 5.62. The van der Waals surface area contributed by atoms with Crippen molar-refractivity contribution in [3.8, 4) is 5.75 Å². The predicted molar refractivity (Wildman–Crippen MR) is 113 cm³/mol. The van der Waals surface area contributed by atoms with Gasteiger partial charge in [-0.1, -0.05) is 36.4 Å². The lowest BCUT2D eigenvalue weighted by Gasteiger charge is -2.40. The van der Waals surface area contributed by atoms with E-state index in [0.717, 1.165) is 12.0 Å². The number of aromatic hydroxyl groups is 1. The number of ether oxygens (including phenoxy) is 2. The molecule has 1 aliphatic heterocycles. The largest absolute Gasteiger partial charge is 0.507 e. The molecule has 0 radical (unpaired) electrons. The lowest BCUT2D eigenvalue weighted by molar-refractivity contribution is -0.273. The first-order valence-corrected chi connectivity index (χ1v) is 10.1. The van der Waals surface area contributed by atoms with Crippen molar-refractivity contribution in [3.63, 3.8) is 0 Å². The zero-order valence-electron chi connectivity index (χ0n) is 17.7. The van der Waals surface area contributed by atoms with Gasteiger partial charge in [-0.3, -0.25) is 9.59 Å². The molecule has 2 aromatic rings. The van der Waals surface area contributed by atoms with Gasteiger partial charge in [0.15, 0.2) is 17.9 Å². The molecule has 5 nitrogen and oxygen atoms in total. The van der Waals surface area contributed by atoms with Gasteiger partial charge in [-0.15, -0.1) is 0 Å². The molecule has 0 aromatic heterocycles. The van der Waals surface area contributed by atoms with E-state index in [2.05, 4.69) is 6.58 Å². The second-order valence-corrected chi connectivity index (χ2v) is 8.91.